The highest BCUT2D eigenvalue weighted by atomic mass is 19.4. The fourth-order valence-corrected chi connectivity index (χ4v) is 6.39. The molecule has 2 N–H and O–H groups in total. The fraction of sp³-hybridized carbons (Fsp3) is 0.353. The van der Waals surface area contributed by atoms with Gasteiger partial charge in [-0.15, -0.1) is 5.10 Å². The maximum absolute atomic E-state index is 15.8. The number of fused-ring (bicyclic) bond motifs is 6. The Morgan fingerprint density at radius 2 is 1.80 bits per heavy atom. The predicted molar refractivity (Wildman–Crippen MR) is 167 cm³/mol. The summed E-state index contributed by atoms with van der Waals surface area (Å²) in [4.78, 5) is 41.3. The molecule has 2 aliphatic rings. The molecule has 50 heavy (non-hydrogen) atoms. The number of pyridine rings is 1. The number of hydrogen-bond donors (Lipinski definition) is 2. The lowest BCUT2D eigenvalue weighted by Crippen LogP contribution is -2.49. The van der Waals surface area contributed by atoms with E-state index in [0.29, 0.717) is 27.5 Å². The van der Waals surface area contributed by atoms with Crippen molar-refractivity contribution in [3.63, 3.8) is 0 Å². The molecule has 264 valence electrons. The molecule has 1 fully saturated rings. The Morgan fingerprint density at radius 3 is 2.46 bits per heavy atom. The van der Waals surface area contributed by atoms with Crippen LogP contribution in [0.5, 0.6) is 11.6 Å². The number of aryl methyl sites for hydroxylation is 2. The maximum Gasteiger partial charge on any atom is 0.416 e. The van der Waals surface area contributed by atoms with Gasteiger partial charge in [0, 0.05) is 55.8 Å². The van der Waals surface area contributed by atoms with Gasteiger partial charge in [0.1, 0.15) is 29.6 Å². The van der Waals surface area contributed by atoms with Gasteiger partial charge in [0.25, 0.3) is 5.56 Å². The summed E-state index contributed by atoms with van der Waals surface area (Å²) in [7, 11) is 1.62. The average molecular weight is 704 g/mol. The minimum Gasteiger partial charge on any atom is -0.481 e. The summed E-state index contributed by atoms with van der Waals surface area (Å²) in [5.74, 6) is -4.61. The summed E-state index contributed by atoms with van der Waals surface area (Å²) in [6.45, 7) is 3.18. The van der Waals surface area contributed by atoms with Crippen molar-refractivity contribution in [2.45, 2.75) is 51.1 Å². The van der Waals surface area contributed by atoms with Crippen molar-refractivity contribution in [2.75, 3.05) is 19.6 Å². The zero-order valence-electron chi connectivity index (χ0n) is 26.9. The largest absolute Gasteiger partial charge is 0.481 e. The van der Waals surface area contributed by atoms with Crippen LogP contribution in [0.25, 0.3) is 11.1 Å². The van der Waals surface area contributed by atoms with Crippen molar-refractivity contribution < 1.29 is 45.8 Å². The number of benzene rings is 2. The van der Waals surface area contributed by atoms with Gasteiger partial charge in [-0.2, -0.15) is 13.2 Å². The van der Waals surface area contributed by atoms with E-state index in [4.69, 9.17) is 4.74 Å². The molecule has 6 rings (SSSR count). The maximum atomic E-state index is 15.8. The minimum atomic E-state index is -4.98. The number of nitrogens with zero attached hydrogens (tertiary/aromatic N) is 4. The molecule has 4 bridgehead atoms. The minimum absolute atomic E-state index is 0.000111. The second-order valence-electron chi connectivity index (χ2n) is 12.5. The van der Waals surface area contributed by atoms with Crippen molar-refractivity contribution in [2.24, 2.45) is 7.05 Å². The van der Waals surface area contributed by atoms with E-state index >= 15 is 8.78 Å². The van der Waals surface area contributed by atoms with Gasteiger partial charge in [-0.05, 0) is 67.3 Å². The van der Waals surface area contributed by atoms with E-state index in [2.05, 4.69) is 10.4 Å². The number of hydrogen-bond acceptors (Lipinski definition) is 6. The Balaban J connectivity index is 1.58. The standard InChI is InChI=1S/C34H31F6N5O5/c1-16-8-19-9-23(30(16)37)26(12-28(47)48)41-32(49)31(22-10-21(4-5-25(22)36)50-33-29(19)17(2)43(3)42-33)45-13-18(6-7-44-14-20(35)15-44)24(11-27(45)46)34(38,39)40/h4-5,8-11,13,20,26,31H,6-7,12,14-15H2,1-3H3,(H,41,49)(H,47,48)/t26-,31+/m1/s1. The molecule has 10 nitrogen and oxygen atoms in total. The van der Waals surface area contributed by atoms with Crippen molar-refractivity contribution >= 4 is 11.9 Å². The molecule has 16 heteroatoms. The molecular weight excluding hydrogens is 672 g/mol. The highest BCUT2D eigenvalue weighted by Gasteiger charge is 2.38. The Hall–Kier alpha value is -5.12. The summed E-state index contributed by atoms with van der Waals surface area (Å²) in [5.41, 5.74) is -2.39. The first-order valence-electron chi connectivity index (χ1n) is 15.5. The van der Waals surface area contributed by atoms with Gasteiger partial charge in [-0.1, -0.05) is 0 Å². The number of amides is 1. The van der Waals surface area contributed by atoms with Crippen molar-refractivity contribution in [3.05, 3.63) is 98.1 Å². The summed E-state index contributed by atoms with van der Waals surface area (Å²) >= 11 is 0. The van der Waals surface area contributed by atoms with Crippen LogP contribution in [0.2, 0.25) is 0 Å². The van der Waals surface area contributed by atoms with Crippen LogP contribution in [0.4, 0.5) is 26.3 Å². The van der Waals surface area contributed by atoms with Crippen LogP contribution in [0, 0.1) is 25.5 Å². The Labute approximate surface area is 280 Å². The Morgan fingerprint density at radius 1 is 1.08 bits per heavy atom. The number of nitrogens with one attached hydrogen (secondary N) is 1. The number of aromatic nitrogens is 3. The van der Waals surface area contributed by atoms with E-state index in [0.717, 1.165) is 18.3 Å². The summed E-state index contributed by atoms with van der Waals surface area (Å²) < 4.78 is 95.7. The Bertz CT molecular complexity index is 2070. The molecule has 2 aromatic carbocycles. The van der Waals surface area contributed by atoms with Crippen LogP contribution in [-0.2, 0) is 29.2 Å². The number of halogens is 6. The third-order valence-corrected chi connectivity index (χ3v) is 9.03. The molecule has 2 atom stereocenters. The van der Waals surface area contributed by atoms with E-state index in [9.17, 15) is 37.1 Å². The number of alkyl halides is 4. The number of carboxylic acid groups (broad SMARTS) is 1. The molecule has 1 saturated heterocycles. The highest BCUT2D eigenvalue weighted by molar-refractivity contribution is 5.85. The molecule has 2 aromatic heterocycles. The number of aliphatic carboxylic acids is 1. The number of carboxylic acids is 1. The van der Waals surface area contributed by atoms with Gasteiger partial charge in [-0.25, -0.2) is 13.2 Å². The second kappa shape index (κ2) is 13.0. The third-order valence-electron chi connectivity index (χ3n) is 9.03. The Kier molecular flexibility index (Phi) is 9.01. The van der Waals surface area contributed by atoms with Gasteiger partial charge in [0.2, 0.25) is 11.8 Å². The van der Waals surface area contributed by atoms with E-state index in [1.165, 1.54) is 29.8 Å². The SMILES string of the molecule is Cc1cc2cc(c1F)[C@@H](CC(=O)O)NC(=O)[C@@H](n1cc(CCN3CC(F)C3)c(C(F)(F)F)cc1=O)c1cc(ccc1F)Oc1nn(C)c(C)c1-2. The van der Waals surface area contributed by atoms with Crippen molar-refractivity contribution in [3.8, 4) is 22.8 Å². The monoisotopic (exact) mass is 703 g/mol. The first-order valence-corrected chi connectivity index (χ1v) is 15.5. The molecule has 0 spiro atoms. The first-order chi connectivity index (χ1) is 23.5. The number of ether oxygens (including phenoxy) is 1. The fourth-order valence-electron chi connectivity index (χ4n) is 6.39. The van der Waals surface area contributed by atoms with Crippen LogP contribution in [0.1, 0.15) is 52.0 Å². The topological polar surface area (TPSA) is 119 Å². The molecule has 0 saturated carbocycles. The zero-order valence-corrected chi connectivity index (χ0v) is 26.9. The van der Waals surface area contributed by atoms with Gasteiger partial charge in [0.05, 0.1) is 23.6 Å². The number of rotatable bonds is 6. The number of carbonyl (C=O) groups is 2. The summed E-state index contributed by atoms with van der Waals surface area (Å²) in [5, 5.41) is 16.6. The molecule has 4 heterocycles. The van der Waals surface area contributed by atoms with Gasteiger partial charge in [0.15, 0.2) is 0 Å². The summed E-state index contributed by atoms with van der Waals surface area (Å²) in [6.07, 6.45) is -6.46. The molecule has 1 amide bonds. The zero-order chi connectivity index (χ0) is 36.2. The highest BCUT2D eigenvalue weighted by Crippen LogP contribution is 2.40. The molecule has 0 radical (unpaired) electrons. The lowest BCUT2D eigenvalue weighted by molar-refractivity contribution is -0.139. The van der Waals surface area contributed by atoms with Gasteiger partial charge in [-0.3, -0.25) is 28.5 Å². The van der Waals surface area contributed by atoms with Crippen LogP contribution in [0.3, 0.4) is 0 Å². The van der Waals surface area contributed by atoms with Crippen LogP contribution in [-0.4, -0.2) is 62.0 Å². The first kappa shape index (κ1) is 34.7. The molecule has 2 aliphatic heterocycles. The smallest absolute Gasteiger partial charge is 0.416 e. The van der Waals surface area contributed by atoms with E-state index in [1.54, 1.807) is 18.9 Å². The van der Waals surface area contributed by atoms with E-state index in [-0.39, 0.29) is 48.8 Å². The lowest BCUT2D eigenvalue weighted by atomic mass is 9.94. The second-order valence-corrected chi connectivity index (χ2v) is 12.5. The van der Waals surface area contributed by atoms with Crippen LogP contribution >= 0.6 is 0 Å². The van der Waals surface area contributed by atoms with Crippen molar-refractivity contribution in [1.29, 1.82) is 0 Å². The number of likely N-dealkylation sites (tertiary alicyclic amines) is 1. The van der Waals surface area contributed by atoms with Gasteiger partial charge >= 0.3 is 12.1 Å². The molecule has 0 unspecified atom stereocenters. The van der Waals surface area contributed by atoms with E-state index in [1.807, 2.05) is 0 Å². The van der Waals surface area contributed by atoms with Crippen LogP contribution < -0.4 is 15.6 Å². The number of carbonyl (C=O) groups excluding carboxylic acids is 1. The predicted octanol–water partition coefficient (Wildman–Crippen LogP) is 5.39. The molecule has 4 aromatic rings. The van der Waals surface area contributed by atoms with Crippen molar-refractivity contribution in [1.82, 2.24) is 24.6 Å². The lowest BCUT2D eigenvalue weighted by Gasteiger charge is -2.34. The average Bonchev–Trinajstić information content (AvgIpc) is 3.29. The van der Waals surface area contributed by atoms with Crippen LogP contribution in [0.15, 0.2) is 47.4 Å². The summed E-state index contributed by atoms with van der Waals surface area (Å²) in [6, 6.07) is 2.75. The molecule has 0 aliphatic carbocycles. The third kappa shape index (κ3) is 6.58. The van der Waals surface area contributed by atoms with E-state index < -0.39 is 76.6 Å². The van der Waals surface area contributed by atoms with Gasteiger partial charge < -0.3 is 15.2 Å². The normalized spacial score (nSPS) is 18.2. The molecular formula is C34H31F6N5O5. The quantitative estimate of drug-likeness (QED) is 0.259.